The molecule has 0 spiro atoms. The van der Waals surface area contributed by atoms with Crippen molar-refractivity contribution in [2.24, 2.45) is 0 Å². The number of amides is 1. The third-order valence-corrected chi connectivity index (χ3v) is 4.33. The van der Waals surface area contributed by atoms with E-state index in [1.807, 2.05) is 6.07 Å². The topological polar surface area (TPSA) is 114 Å². The van der Waals surface area contributed by atoms with Crippen LogP contribution >= 0.6 is 15.9 Å². The Kier molecular flexibility index (Phi) is 7.35. The van der Waals surface area contributed by atoms with E-state index in [1.165, 1.54) is 18.2 Å². The van der Waals surface area contributed by atoms with Crippen LogP contribution in [0.4, 0.5) is 5.69 Å². The van der Waals surface area contributed by atoms with E-state index in [0.717, 1.165) is 0 Å². The van der Waals surface area contributed by atoms with E-state index < -0.39 is 16.9 Å². The van der Waals surface area contributed by atoms with E-state index in [9.17, 15) is 14.9 Å². The van der Waals surface area contributed by atoms with Crippen molar-refractivity contribution < 1.29 is 19.2 Å². The second kappa shape index (κ2) is 9.71. The van der Waals surface area contributed by atoms with Gasteiger partial charge in [-0.25, -0.2) is 0 Å². The van der Waals surface area contributed by atoms with Crippen molar-refractivity contribution in [3.8, 4) is 17.6 Å². The summed E-state index contributed by atoms with van der Waals surface area (Å²) in [5, 5.41) is 22.7. The Hall–Kier alpha value is -3.12. The molecule has 1 amide bonds. The highest BCUT2D eigenvalue weighted by molar-refractivity contribution is 9.10. The van der Waals surface area contributed by atoms with Crippen molar-refractivity contribution in [3.63, 3.8) is 0 Å². The molecule has 28 heavy (non-hydrogen) atoms. The molecular formula is C19H18BrN3O5. The third kappa shape index (κ3) is 5.44. The first-order chi connectivity index (χ1) is 13.3. The molecule has 2 aromatic carbocycles. The largest absolute Gasteiger partial charge is 0.490 e. The fourth-order valence-electron chi connectivity index (χ4n) is 2.45. The first kappa shape index (κ1) is 21.2. The number of carbonyl (C=O) groups is 1. The van der Waals surface area contributed by atoms with Gasteiger partial charge in [-0.1, -0.05) is 12.1 Å². The number of nitro groups is 1. The van der Waals surface area contributed by atoms with Crippen LogP contribution in [0.25, 0.3) is 0 Å². The summed E-state index contributed by atoms with van der Waals surface area (Å²) in [5.41, 5.74) is 0.959. The summed E-state index contributed by atoms with van der Waals surface area (Å²) < 4.78 is 11.6. The van der Waals surface area contributed by atoms with E-state index in [-0.39, 0.29) is 12.3 Å². The Bertz CT molecular complexity index is 926. The standard InChI is InChI=1S/C19H18BrN3O5/c1-3-27-17-8-13(10-21)7-16(20)19(17)28-11-18(24)22-12(2)14-5-4-6-15(9-14)23(25)26/h4-9,12H,3,11H2,1-2H3,(H,22,24). The quantitative estimate of drug-likeness (QED) is 0.484. The lowest BCUT2D eigenvalue weighted by Gasteiger charge is -2.16. The Morgan fingerprint density at radius 2 is 2.11 bits per heavy atom. The fraction of sp³-hybridized carbons (Fsp3) is 0.263. The maximum Gasteiger partial charge on any atom is 0.269 e. The highest BCUT2D eigenvalue weighted by atomic mass is 79.9. The van der Waals surface area contributed by atoms with Crippen LogP contribution in [0.15, 0.2) is 40.9 Å². The van der Waals surface area contributed by atoms with Gasteiger partial charge in [-0.2, -0.15) is 5.26 Å². The zero-order chi connectivity index (χ0) is 20.7. The summed E-state index contributed by atoms with van der Waals surface area (Å²) in [5.74, 6) is 0.268. The summed E-state index contributed by atoms with van der Waals surface area (Å²) >= 11 is 3.32. The number of carbonyl (C=O) groups excluding carboxylic acids is 1. The Labute approximate surface area is 170 Å². The lowest BCUT2D eigenvalue weighted by atomic mass is 10.1. The van der Waals surface area contributed by atoms with Crippen LogP contribution in [0.1, 0.15) is 31.0 Å². The van der Waals surface area contributed by atoms with Gasteiger partial charge in [0.25, 0.3) is 11.6 Å². The highest BCUT2D eigenvalue weighted by Gasteiger charge is 2.16. The van der Waals surface area contributed by atoms with Gasteiger partial charge >= 0.3 is 0 Å². The molecule has 0 bridgehead atoms. The second-order valence-electron chi connectivity index (χ2n) is 5.76. The summed E-state index contributed by atoms with van der Waals surface area (Å²) in [6.45, 7) is 3.60. The SMILES string of the molecule is CCOc1cc(C#N)cc(Br)c1OCC(=O)NC(C)c1cccc([N+](=O)[O-])c1. The number of hydrogen-bond acceptors (Lipinski definition) is 6. The summed E-state index contributed by atoms with van der Waals surface area (Å²) in [6.07, 6.45) is 0. The number of nitro benzene ring substituents is 1. The zero-order valence-corrected chi connectivity index (χ0v) is 16.9. The molecule has 0 heterocycles. The van der Waals surface area contributed by atoms with E-state index in [4.69, 9.17) is 14.7 Å². The normalized spacial score (nSPS) is 11.2. The van der Waals surface area contributed by atoms with Crippen molar-refractivity contribution >= 4 is 27.5 Å². The number of non-ortho nitro benzene ring substituents is 1. The molecule has 0 aromatic heterocycles. The molecule has 146 valence electrons. The lowest BCUT2D eigenvalue weighted by molar-refractivity contribution is -0.384. The smallest absolute Gasteiger partial charge is 0.269 e. The van der Waals surface area contributed by atoms with Gasteiger partial charge in [-0.05, 0) is 41.4 Å². The average molecular weight is 448 g/mol. The van der Waals surface area contributed by atoms with Gasteiger partial charge < -0.3 is 14.8 Å². The molecule has 0 aliphatic carbocycles. The van der Waals surface area contributed by atoms with Gasteiger partial charge in [0.15, 0.2) is 18.1 Å². The van der Waals surface area contributed by atoms with Gasteiger partial charge in [0.2, 0.25) is 0 Å². The first-order valence-electron chi connectivity index (χ1n) is 8.38. The number of nitrogens with zero attached hydrogens (tertiary/aromatic N) is 2. The van der Waals surface area contributed by atoms with Gasteiger partial charge in [0.05, 0.1) is 33.7 Å². The number of ether oxygens (including phenoxy) is 2. The number of nitriles is 1. The molecule has 9 heteroatoms. The molecule has 0 radical (unpaired) electrons. The minimum Gasteiger partial charge on any atom is -0.490 e. The molecule has 1 atom stereocenters. The van der Waals surface area contributed by atoms with E-state index in [0.29, 0.717) is 33.7 Å². The van der Waals surface area contributed by atoms with Gasteiger partial charge in [-0.15, -0.1) is 0 Å². The van der Waals surface area contributed by atoms with E-state index in [2.05, 4.69) is 21.2 Å². The molecule has 0 aliphatic heterocycles. The van der Waals surface area contributed by atoms with Crippen LogP contribution in [0.3, 0.4) is 0 Å². The summed E-state index contributed by atoms with van der Waals surface area (Å²) in [7, 11) is 0. The highest BCUT2D eigenvalue weighted by Crippen LogP contribution is 2.36. The van der Waals surface area contributed by atoms with Crippen LogP contribution in [-0.2, 0) is 4.79 Å². The zero-order valence-electron chi connectivity index (χ0n) is 15.3. The fourth-order valence-corrected chi connectivity index (χ4v) is 3.00. The number of nitrogens with one attached hydrogen (secondary N) is 1. The maximum atomic E-state index is 12.2. The molecule has 1 N–H and O–H groups in total. The van der Waals surface area contributed by atoms with E-state index >= 15 is 0 Å². The third-order valence-electron chi connectivity index (χ3n) is 3.74. The van der Waals surface area contributed by atoms with E-state index in [1.54, 1.807) is 32.0 Å². The van der Waals surface area contributed by atoms with Crippen molar-refractivity contribution in [1.29, 1.82) is 5.26 Å². The molecule has 8 nitrogen and oxygen atoms in total. The molecular weight excluding hydrogens is 430 g/mol. The van der Waals surface area contributed by atoms with Crippen LogP contribution in [0.5, 0.6) is 11.5 Å². The minimum absolute atomic E-state index is 0.0438. The van der Waals surface area contributed by atoms with Gasteiger partial charge in [-0.3, -0.25) is 14.9 Å². The van der Waals surface area contributed by atoms with Crippen molar-refractivity contribution in [2.45, 2.75) is 19.9 Å². The second-order valence-corrected chi connectivity index (χ2v) is 6.61. The van der Waals surface area contributed by atoms with Crippen LogP contribution in [0, 0.1) is 21.4 Å². The number of rotatable bonds is 8. The lowest BCUT2D eigenvalue weighted by Crippen LogP contribution is -2.31. The molecule has 0 fully saturated rings. The number of halogens is 1. The Morgan fingerprint density at radius 1 is 1.36 bits per heavy atom. The minimum atomic E-state index is -0.487. The molecule has 1 unspecified atom stereocenters. The van der Waals surface area contributed by atoms with Crippen molar-refractivity contribution in [1.82, 2.24) is 5.32 Å². The summed E-state index contributed by atoms with van der Waals surface area (Å²) in [4.78, 5) is 22.6. The summed E-state index contributed by atoms with van der Waals surface area (Å²) in [6, 6.07) is 10.8. The molecule has 2 aromatic rings. The van der Waals surface area contributed by atoms with Crippen molar-refractivity contribution in [2.75, 3.05) is 13.2 Å². The average Bonchev–Trinajstić information content (AvgIpc) is 2.67. The maximum absolute atomic E-state index is 12.2. The van der Waals surface area contributed by atoms with Crippen LogP contribution in [-0.4, -0.2) is 24.0 Å². The molecule has 0 aliphatic rings. The molecule has 2 rings (SSSR count). The van der Waals surface area contributed by atoms with Crippen LogP contribution < -0.4 is 14.8 Å². The van der Waals surface area contributed by atoms with Crippen LogP contribution in [0.2, 0.25) is 0 Å². The van der Waals surface area contributed by atoms with Gasteiger partial charge in [0.1, 0.15) is 0 Å². The number of hydrogen-bond donors (Lipinski definition) is 1. The predicted octanol–water partition coefficient (Wildman–Crippen LogP) is 3.88. The van der Waals surface area contributed by atoms with Gasteiger partial charge in [0, 0.05) is 18.2 Å². The van der Waals surface area contributed by atoms with Crippen molar-refractivity contribution in [3.05, 3.63) is 62.1 Å². The monoisotopic (exact) mass is 447 g/mol. The number of benzene rings is 2. The molecule has 0 saturated carbocycles. The predicted molar refractivity (Wildman–Crippen MR) is 105 cm³/mol. The molecule has 0 saturated heterocycles. The first-order valence-corrected chi connectivity index (χ1v) is 9.18. The Balaban J connectivity index is 2.05. The Morgan fingerprint density at radius 3 is 2.75 bits per heavy atom.